The second-order valence-corrected chi connectivity index (χ2v) is 7.75. The summed E-state index contributed by atoms with van der Waals surface area (Å²) in [7, 11) is 0. The zero-order valence-corrected chi connectivity index (χ0v) is 17.5. The van der Waals surface area contributed by atoms with Crippen LogP contribution in [0.3, 0.4) is 0 Å². The molecule has 0 atom stereocenters. The van der Waals surface area contributed by atoms with Gasteiger partial charge in [0.1, 0.15) is 11.1 Å². The number of aromatic nitrogens is 1. The van der Waals surface area contributed by atoms with E-state index in [4.69, 9.17) is 4.98 Å². The molecular formula is C26H19N3OS. The topological polar surface area (TPSA) is 65.8 Å². The fourth-order valence-corrected chi connectivity index (χ4v) is 3.99. The van der Waals surface area contributed by atoms with E-state index in [1.54, 1.807) is 0 Å². The number of pyridine rings is 1. The van der Waals surface area contributed by atoms with Gasteiger partial charge in [-0.05, 0) is 23.8 Å². The number of benzene rings is 3. The Balaban J connectivity index is 1.68. The van der Waals surface area contributed by atoms with Gasteiger partial charge in [0.05, 0.1) is 17.0 Å². The van der Waals surface area contributed by atoms with Gasteiger partial charge in [-0.2, -0.15) is 5.26 Å². The summed E-state index contributed by atoms with van der Waals surface area (Å²) in [5.41, 5.74) is 4.69. The van der Waals surface area contributed by atoms with Crippen LogP contribution in [-0.2, 0) is 4.79 Å². The normalized spacial score (nSPS) is 10.3. The molecule has 3 aromatic carbocycles. The van der Waals surface area contributed by atoms with E-state index in [0.29, 0.717) is 10.6 Å². The first-order chi connectivity index (χ1) is 15.2. The van der Waals surface area contributed by atoms with Gasteiger partial charge in [0, 0.05) is 16.8 Å². The zero-order valence-electron chi connectivity index (χ0n) is 16.7. The Hall–Kier alpha value is -3.88. The van der Waals surface area contributed by atoms with Gasteiger partial charge in [0.25, 0.3) is 0 Å². The average molecular weight is 422 g/mol. The van der Waals surface area contributed by atoms with E-state index >= 15 is 0 Å². The number of nitriles is 1. The lowest BCUT2D eigenvalue weighted by molar-refractivity contribution is -0.113. The van der Waals surface area contributed by atoms with Crippen LogP contribution in [-0.4, -0.2) is 16.6 Å². The van der Waals surface area contributed by atoms with Crippen molar-refractivity contribution < 1.29 is 4.79 Å². The van der Waals surface area contributed by atoms with Crippen molar-refractivity contribution in [3.63, 3.8) is 0 Å². The van der Waals surface area contributed by atoms with Crippen molar-refractivity contribution in [2.45, 2.75) is 5.03 Å². The molecule has 0 saturated heterocycles. The van der Waals surface area contributed by atoms with E-state index in [9.17, 15) is 10.1 Å². The van der Waals surface area contributed by atoms with Crippen LogP contribution in [0.2, 0.25) is 0 Å². The van der Waals surface area contributed by atoms with Crippen molar-refractivity contribution in [2.75, 3.05) is 11.1 Å². The standard InChI is InChI=1S/C26H19N3OS/c27-17-23-22(19-10-4-1-5-11-19)16-24(20-12-6-2-7-13-20)29-26(23)31-18-25(30)28-21-14-8-3-9-15-21/h1-16H,18H2,(H,28,30). The van der Waals surface area contributed by atoms with Crippen LogP contribution in [0.5, 0.6) is 0 Å². The minimum atomic E-state index is -0.145. The Morgan fingerprint density at radius 1 is 0.871 bits per heavy atom. The summed E-state index contributed by atoms with van der Waals surface area (Å²) in [6.45, 7) is 0. The molecule has 5 heteroatoms. The highest BCUT2D eigenvalue weighted by molar-refractivity contribution is 8.00. The van der Waals surface area contributed by atoms with Gasteiger partial charge in [-0.15, -0.1) is 0 Å². The SMILES string of the molecule is N#Cc1c(-c2ccccc2)cc(-c2ccccc2)nc1SCC(=O)Nc1ccccc1. The molecule has 0 aliphatic heterocycles. The van der Waals surface area contributed by atoms with Crippen LogP contribution in [0.4, 0.5) is 5.69 Å². The number of carbonyl (C=O) groups excluding carboxylic acids is 1. The minimum Gasteiger partial charge on any atom is -0.325 e. The molecule has 4 nitrogen and oxygen atoms in total. The number of anilines is 1. The molecule has 1 N–H and O–H groups in total. The van der Waals surface area contributed by atoms with Crippen LogP contribution in [0.1, 0.15) is 5.56 Å². The highest BCUT2D eigenvalue weighted by Gasteiger charge is 2.17. The molecule has 0 aliphatic rings. The number of para-hydroxylation sites is 1. The molecule has 0 radical (unpaired) electrons. The van der Waals surface area contributed by atoms with Gasteiger partial charge in [-0.1, -0.05) is 90.6 Å². The van der Waals surface area contributed by atoms with Gasteiger partial charge in [-0.3, -0.25) is 4.79 Å². The molecule has 0 saturated carbocycles. The number of nitrogens with zero attached hydrogens (tertiary/aromatic N) is 2. The minimum absolute atomic E-state index is 0.145. The van der Waals surface area contributed by atoms with E-state index in [1.165, 1.54) is 11.8 Å². The number of carbonyl (C=O) groups is 1. The number of rotatable bonds is 6. The number of thioether (sulfide) groups is 1. The molecular weight excluding hydrogens is 402 g/mol. The number of hydrogen-bond acceptors (Lipinski definition) is 4. The van der Waals surface area contributed by atoms with Crippen molar-refractivity contribution in [1.82, 2.24) is 4.98 Å². The number of nitrogens with one attached hydrogen (secondary N) is 1. The zero-order chi connectivity index (χ0) is 21.5. The maximum Gasteiger partial charge on any atom is 0.234 e. The number of hydrogen-bond donors (Lipinski definition) is 1. The van der Waals surface area contributed by atoms with Crippen molar-refractivity contribution in [1.29, 1.82) is 5.26 Å². The second-order valence-electron chi connectivity index (χ2n) is 6.78. The van der Waals surface area contributed by atoms with Crippen LogP contribution in [0, 0.1) is 11.3 Å². The van der Waals surface area contributed by atoms with Gasteiger partial charge >= 0.3 is 0 Å². The van der Waals surface area contributed by atoms with Crippen LogP contribution in [0.15, 0.2) is 102 Å². The molecule has 0 bridgehead atoms. The molecule has 150 valence electrons. The second kappa shape index (κ2) is 9.75. The first-order valence-corrected chi connectivity index (χ1v) is 10.8. The van der Waals surface area contributed by atoms with Crippen molar-refractivity contribution >= 4 is 23.4 Å². The highest BCUT2D eigenvalue weighted by atomic mass is 32.2. The fraction of sp³-hybridized carbons (Fsp3) is 0.0385. The third kappa shape index (κ3) is 5.00. The predicted octanol–water partition coefficient (Wildman–Crippen LogP) is 6.02. The first kappa shape index (κ1) is 20.4. The van der Waals surface area contributed by atoms with Crippen molar-refractivity contribution in [3.8, 4) is 28.5 Å². The molecule has 1 amide bonds. The monoisotopic (exact) mass is 421 g/mol. The quantitative estimate of drug-likeness (QED) is 0.387. The molecule has 4 rings (SSSR count). The van der Waals surface area contributed by atoms with Gasteiger partial charge < -0.3 is 5.32 Å². The molecule has 1 heterocycles. The summed E-state index contributed by atoms with van der Waals surface area (Å²) < 4.78 is 0. The van der Waals surface area contributed by atoms with Gasteiger partial charge in [0.15, 0.2) is 0 Å². The molecule has 0 fully saturated rings. The molecule has 0 unspecified atom stereocenters. The maximum absolute atomic E-state index is 12.5. The van der Waals surface area contributed by atoms with Gasteiger partial charge in [0.2, 0.25) is 5.91 Å². The number of amides is 1. The van der Waals surface area contributed by atoms with Crippen LogP contribution >= 0.6 is 11.8 Å². The molecule has 0 spiro atoms. The summed E-state index contributed by atoms with van der Waals surface area (Å²) in [4.78, 5) is 17.2. The Labute approximate surface area is 185 Å². The van der Waals surface area contributed by atoms with E-state index in [0.717, 1.165) is 28.1 Å². The largest absolute Gasteiger partial charge is 0.325 e. The lowest BCUT2D eigenvalue weighted by atomic mass is 9.99. The van der Waals surface area contributed by atoms with Crippen LogP contribution in [0.25, 0.3) is 22.4 Å². The van der Waals surface area contributed by atoms with Crippen LogP contribution < -0.4 is 5.32 Å². The fourth-order valence-electron chi connectivity index (χ4n) is 3.19. The summed E-state index contributed by atoms with van der Waals surface area (Å²) in [6.07, 6.45) is 0. The van der Waals surface area contributed by atoms with E-state index in [2.05, 4.69) is 11.4 Å². The molecule has 4 aromatic rings. The Bertz CT molecular complexity index is 1220. The first-order valence-electron chi connectivity index (χ1n) is 9.78. The Morgan fingerprint density at radius 2 is 1.45 bits per heavy atom. The smallest absolute Gasteiger partial charge is 0.234 e. The summed E-state index contributed by atoms with van der Waals surface area (Å²) in [6, 6.07) is 33.2. The lowest BCUT2D eigenvalue weighted by Gasteiger charge is -2.12. The van der Waals surface area contributed by atoms with E-state index < -0.39 is 0 Å². The lowest BCUT2D eigenvalue weighted by Crippen LogP contribution is -2.14. The van der Waals surface area contributed by atoms with E-state index in [-0.39, 0.29) is 11.7 Å². The van der Waals surface area contributed by atoms with Crippen molar-refractivity contribution in [3.05, 3.63) is 103 Å². The molecule has 31 heavy (non-hydrogen) atoms. The average Bonchev–Trinajstić information content (AvgIpc) is 2.84. The Kier molecular flexibility index (Phi) is 6.41. The maximum atomic E-state index is 12.5. The summed E-state index contributed by atoms with van der Waals surface area (Å²) in [5.74, 6) is 0.0107. The van der Waals surface area contributed by atoms with E-state index in [1.807, 2.05) is 97.1 Å². The Morgan fingerprint density at radius 3 is 2.06 bits per heavy atom. The third-order valence-electron chi connectivity index (χ3n) is 4.65. The van der Waals surface area contributed by atoms with Gasteiger partial charge in [-0.25, -0.2) is 4.98 Å². The molecule has 0 aliphatic carbocycles. The summed E-state index contributed by atoms with van der Waals surface area (Å²) in [5, 5.41) is 13.3. The third-order valence-corrected chi connectivity index (χ3v) is 5.63. The predicted molar refractivity (Wildman–Crippen MR) is 126 cm³/mol. The summed E-state index contributed by atoms with van der Waals surface area (Å²) >= 11 is 1.27. The molecule has 1 aromatic heterocycles. The van der Waals surface area contributed by atoms with Crippen molar-refractivity contribution in [2.24, 2.45) is 0 Å². The highest BCUT2D eigenvalue weighted by Crippen LogP contribution is 2.34.